The molecule has 3 rings (SSSR count). The van der Waals surface area contributed by atoms with Crippen molar-refractivity contribution in [3.8, 4) is 10.7 Å². The van der Waals surface area contributed by atoms with Crippen molar-refractivity contribution < 1.29 is 4.39 Å². The third-order valence-corrected chi connectivity index (χ3v) is 3.60. The normalized spacial score (nSPS) is 10.8. The largest absolute Gasteiger partial charge is 0.330 e. The monoisotopic (exact) mass is 289 g/mol. The van der Waals surface area contributed by atoms with E-state index >= 15 is 0 Å². The number of benzene rings is 1. The van der Waals surface area contributed by atoms with Gasteiger partial charge in [0.1, 0.15) is 5.82 Å². The molecular weight excluding hydrogens is 277 g/mol. The summed E-state index contributed by atoms with van der Waals surface area (Å²) in [7, 11) is 1.87. The summed E-state index contributed by atoms with van der Waals surface area (Å²) in [5.74, 6) is -0.265. The Kier molecular flexibility index (Phi) is 3.19. The van der Waals surface area contributed by atoms with E-state index in [1.54, 1.807) is 16.8 Å². The van der Waals surface area contributed by atoms with E-state index in [1.165, 1.54) is 23.5 Å². The predicted octanol–water partition coefficient (Wildman–Crippen LogP) is 3.13. The summed E-state index contributed by atoms with van der Waals surface area (Å²) in [4.78, 5) is 0. The molecule has 1 N–H and O–H groups in total. The molecule has 0 aliphatic carbocycles. The molecule has 0 radical (unpaired) electrons. The number of nitrogens with one attached hydrogen (secondary N) is 1. The van der Waals surface area contributed by atoms with Crippen LogP contribution in [0.3, 0.4) is 0 Å². The van der Waals surface area contributed by atoms with Gasteiger partial charge < -0.3 is 5.32 Å². The third kappa shape index (κ3) is 2.53. The highest BCUT2D eigenvalue weighted by Crippen LogP contribution is 2.28. The minimum absolute atomic E-state index is 0.265. The maximum absolute atomic E-state index is 12.8. The van der Waals surface area contributed by atoms with Gasteiger partial charge in [-0.25, -0.2) is 4.39 Å². The standard InChI is InChI=1S/C13H12FN5S/c1-8-7-11(19(2)18-8)12-16-17-13(20-12)15-10-5-3-9(14)4-6-10/h3-7H,1-2H3,(H,15,17). The molecule has 1 aromatic carbocycles. The van der Waals surface area contributed by atoms with Crippen LogP contribution in [-0.4, -0.2) is 20.0 Å². The highest BCUT2D eigenvalue weighted by Gasteiger charge is 2.11. The highest BCUT2D eigenvalue weighted by atomic mass is 32.1. The van der Waals surface area contributed by atoms with Gasteiger partial charge in [-0.15, -0.1) is 10.2 Å². The highest BCUT2D eigenvalue weighted by molar-refractivity contribution is 7.18. The summed E-state index contributed by atoms with van der Waals surface area (Å²) in [6.07, 6.45) is 0. The first-order valence-electron chi connectivity index (χ1n) is 5.99. The van der Waals surface area contributed by atoms with Crippen LogP contribution in [0.5, 0.6) is 0 Å². The average molecular weight is 289 g/mol. The summed E-state index contributed by atoms with van der Waals surface area (Å²) < 4.78 is 14.6. The first kappa shape index (κ1) is 12.7. The smallest absolute Gasteiger partial charge is 0.210 e. The number of hydrogen-bond acceptors (Lipinski definition) is 5. The van der Waals surface area contributed by atoms with E-state index in [-0.39, 0.29) is 5.82 Å². The first-order chi connectivity index (χ1) is 9.61. The molecule has 0 aliphatic heterocycles. The van der Waals surface area contributed by atoms with Gasteiger partial charge in [-0.1, -0.05) is 11.3 Å². The van der Waals surface area contributed by atoms with Crippen LogP contribution in [0.25, 0.3) is 10.7 Å². The van der Waals surface area contributed by atoms with Gasteiger partial charge in [0.25, 0.3) is 0 Å². The first-order valence-corrected chi connectivity index (χ1v) is 6.80. The fraction of sp³-hybridized carbons (Fsp3) is 0.154. The second-order valence-corrected chi connectivity index (χ2v) is 5.32. The zero-order valence-electron chi connectivity index (χ0n) is 11.0. The molecule has 7 heteroatoms. The van der Waals surface area contributed by atoms with E-state index in [0.29, 0.717) is 5.13 Å². The van der Waals surface area contributed by atoms with Crippen LogP contribution in [0.4, 0.5) is 15.2 Å². The van der Waals surface area contributed by atoms with Crippen molar-refractivity contribution in [2.75, 3.05) is 5.32 Å². The van der Waals surface area contributed by atoms with Crippen LogP contribution in [-0.2, 0) is 7.05 Å². The molecule has 0 aliphatic rings. The van der Waals surface area contributed by atoms with Crippen LogP contribution in [0.1, 0.15) is 5.69 Å². The van der Waals surface area contributed by atoms with Crippen molar-refractivity contribution in [3.05, 3.63) is 41.8 Å². The summed E-state index contributed by atoms with van der Waals surface area (Å²) in [6.45, 7) is 1.93. The molecule has 20 heavy (non-hydrogen) atoms. The summed E-state index contributed by atoms with van der Waals surface area (Å²) in [5.41, 5.74) is 2.63. The third-order valence-electron chi connectivity index (χ3n) is 2.74. The Labute approximate surface area is 119 Å². The molecule has 2 heterocycles. The lowest BCUT2D eigenvalue weighted by Gasteiger charge is -2.00. The molecule has 0 atom stereocenters. The number of nitrogens with zero attached hydrogens (tertiary/aromatic N) is 4. The number of aryl methyl sites for hydroxylation is 2. The fourth-order valence-corrected chi connectivity index (χ4v) is 2.66. The number of aromatic nitrogens is 4. The molecule has 0 amide bonds. The van der Waals surface area contributed by atoms with Gasteiger partial charge in [-0.3, -0.25) is 4.68 Å². The minimum atomic E-state index is -0.265. The van der Waals surface area contributed by atoms with Gasteiger partial charge in [0.05, 0.1) is 11.4 Å². The van der Waals surface area contributed by atoms with Gasteiger partial charge in [0.15, 0.2) is 5.01 Å². The Bertz CT molecular complexity index is 732. The minimum Gasteiger partial charge on any atom is -0.330 e. The number of rotatable bonds is 3. The molecule has 0 saturated heterocycles. The summed E-state index contributed by atoms with van der Waals surface area (Å²) in [5, 5.41) is 17.1. The summed E-state index contributed by atoms with van der Waals surface area (Å²) in [6, 6.07) is 8.07. The zero-order chi connectivity index (χ0) is 14.1. The Morgan fingerprint density at radius 1 is 1.20 bits per heavy atom. The van der Waals surface area contributed by atoms with Gasteiger partial charge in [-0.05, 0) is 37.3 Å². The van der Waals surface area contributed by atoms with E-state index in [2.05, 4.69) is 20.6 Å². The quantitative estimate of drug-likeness (QED) is 0.805. The van der Waals surface area contributed by atoms with Gasteiger partial charge >= 0.3 is 0 Å². The van der Waals surface area contributed by atoms with Crippen LogP contribution < -0.4 is 5.32 Å². The Balaban J connectivity index is 1.83. The molecule has 2 aromatic heterocycles. The lowest BCUT2D eigenvalue weighted by Crippen LogP contribution is -1.93. The van der Waals surface area contributed by atoms with E-state index in [9.17, 15) is 4.39 Å². The van der Waals surface area contributed by atoms with Gasteiger partial charge in [0, 0.05) is 12.7 Å². The summed E-state index contributed by atoms with van der Waals surface area (Å²) >= 11 is 1.42. The van der Waals surface area contributed by atoms with E-state index in [1.807, 2.05) is 20.0 Å². The Hall–Kier alpha value is -2.28. The van der Waals surface area contributed by atoms with E-state index < -0.39 is 0 Å². The topological polar surface area (TPSA) is 55.6 Å². The molecular formula is C13H12FN5S. The molecule has 5 nitrogen and oxygen atoms in total. The van der Waals surface area contributed by atoms with Crippen LogP contribution >= 0.6 is 11.3 Å². The second kappa shape index (κ2) is 5.01. The van der Waals surface area contributed by atoms with Gasteiger partial charge in [-0.2, -0.15) is 5.10 Å². The SMILES string of the molecule is Cc1cc(-c2nnc(Nc3ccc(F)cc3)s2)n(C)n1. The average Bonchev–Trinajstić information content (AvgIpc) is 2.99. The predicted molar refractivity (Wildman–Crippen MR) is 76.5 cm³/mol. The molecule has 0 unspecified atom stereocenters. The molecule has 102 valence electrons. The van der Waals surface area contributed by atoms with E-state index in [0.717, 1.165) is 22.1 Å². The Morgan fingerprint density at radius 2 is 1.95 bits per heavy atom. The van der Waals surface area contributed by atoms with Crippen molar-refractivity contribution in [2.24, 2.45) is 7.05 Å². The molecule has 3 aromatic rings. The van der Waals surface area contributed by atoms with Gasteiger partial charge in [0.2, 0.25) is 5.13 Å². The van der Waals surface area contributed by atoms with E-state index in [4.69, 9.17) is 0 Å². The van der Waals surface area contributed by atoms with Crippen LogP contribution in [0.15, 0.2) is 30.3 Å². The number of hydrogen-bond donors (Lipinski definition) is 1. The molecule has 0 saturated carbocycles. The molecule has 0 spiro atoms. The van der Waals surface area contributed by atoms with Crippen molar-refractivity contribution >= 4 is 22.2 Å². The maximum Gasteiger partial charge on any atom is 0.210 e. The maximum atomic E-state index is 12.8. The number of anilines is 2. The lowest BCUT2D eigenvalue weighted by atomic mass is 10.3. The molecule has 0 fully saturated rings. The Morgan fingerprint density at radius 3 is 2.60 bits per heavy atom. The van der Waals surface area contributed by atoms with Crippen molar-refractivity contribution in [2.45, 2.75) is 6.92 Å². The van der Waals surface area contributed by atoms with Crippen LogP contribution in [0, 0.1) is 12.7 Å². The zero-order valence-corrected chi connectivity index (χ0v) is 11.8. The van der Waals surface area contributed by atoms with Crippen molar-refractivity contribution in [1.82, 2.24) is 20.0 Å². The fourth-order valence-electron chi connectivity index (χ4n) is 1.84. The van der Waals surface area contributed by atoms with Crippen molar-refractivity contribution in [1.29, 1.82) is 0 Å². The van der Waals surface area contributed by atoms with Crippen LogP contribution in [0.2, 0.25) is 0 Å². The molecule has 0 bridgehead atoms. The second-order valence-electron chi connectivity index (χ2n) is 4.34. The lowest BCUT2D eigenvalue weighted by molar-refractivity contribution is 0.628. The number of halogens is 1. The van der Waals surface area contributed by atoms with Crippen molar-refractivity contribution in [3.63, 3.8) is 0 Å².